The highest BCUT2D eigenvalue weighted by Gasteiger charge is 2.22. The lowest BCUT2D eigenvalue weighted by molar-refractivity contribution is 0.0650. The second-order valence-corrected chi connectivity index (χ2v) is 12.9. The number of aromatic nitrogens is 2. The molecule has 6 rings (SSSR count). The normalized spacial score (nSPS) is 16.0. The minimum atomic E-state index is 0.0898. The molecule has 1 amide bonds. The number of nitrogens with zero attached hydrogens (tertiary/aromatic N) is 6. The molecule has 0 spiro atoms. The van der Waals surface area contributed by atoms with Gasteiger partial charge >= 0.3 is 0 Å². The van der Waals surface area contributed by atoms with Crippen molar-refractivity contribution in [3.63, 3.8) is 0 Å². The molecule has 0 unspecified atom stereocenters. The summed E-state index contributed by atoms with van der Waals surface area (Å²) < 4.78 is 0. The summed E-state index contributed by atoms with van der Waals surface area (Å²) in [6.45, 7) is 7.52. The molecular formula is C35H36Cl2N6OS. The second-order valence-electron chi connectivity index (χ2n) is 11.2. The quantitative estimate of drug-likeness (QED) is 0.110. The van der Waals surface area contributed by atoms with Gasteiger partial charge in [0, 0.05) is 87.0 Å². The van der Waals surface area contributed by atoms with E-state index in [9.17, 15) is 4.79 Å². The first-order valence-electron chi connectivity index (χ1n) is 15.3. The van der Waals surface area contributed by atoms with Crippen LogP contribution in [0.2, 0.25) is 10.2 Å². The molecule has 0 radical (unpaired) electrons. The van der Waals surface area contributed by atoms with Crippen LogP contribution in [-0.4, -0.2) is 84.6 Å². The third kappa shape index (κ3) is 8.58. The number of rotatable bonds is 9. The number of carbonyl (C=O) groups is 1. The second kappa shape index (κ2) is 15.1. The Kier molecular flexibility index (Phi) is 10.6. The van der Waals surface area contributed by atoms with Crippen molar-refractivity contribution in [2.45, 2.75) is 10.9 Å². The fourth-order valence-corrected chi connectivity index (χ4v) is 6.81. The number of hydrogen-bond donors (Lipinski definition) is 0. The molecule has 2 saturated heterocycles. The fourth-order valence-electron chi connectivity index (χ4n) is 5.59. The summed E-state index contributed by atoms with van der Waals surface area (Å²) in [5.74, 6) is 1.62. The average molecular weight is 660 g/mol. The van der Waals surface area contributed by atoms with Crippen molar-refractivity contribution in [1.29, 1.82) is 0 Å². The van der Waals surface area contributed by atoms with Crippen LogP contribution >= 0.6 is 35.0 Å². The molecule has 3 aromatic carbocycles. The zero-order valence-corrected chi connectivity index (χ0v) is 27.4. The van der Waals surface area contributed by atoms with Gasteiger partial charge in [0.05, 0.1) is 0 Å². The summed E-state index contributed by atoms with van der Waals surface area (Å²) in [4.78, 5) is 31.4. The number of hydrogen-bond acceptors (Lipinski definition) is 7. The summed E-state index contributed by atoms with van der Waals surface area (Å²) in [6.07, 6.45) is 4.35. The smallest absolute Gasteiger partial charge is 0.253 e. The number of amides is 1. The Labute approximate surface area is 279 Å². The topological polar surface area (TPSA) is 55.8 Å². The van der Waals surface area contributed by atoms with E-state index < -0.39 is 0 Å². The van der Waals surface area contributed by atoms with E-state index in [0.29, 0.717) is 16.1 Å². The Balaban J connectivity index is 0.971. The van der Waals surface area contributed by atoms with Crippen LogP contribution in [0.25, 0.3) is 6.08 Å². The van der Waals surface area contributed by atoms with Crippen LogP contribution in [0.5, 0.6) is 0 Å². The number of anilines is 2. The minimum absolute atomic E-state index is 0.0898. The van der Waals surface area contributed by atoms with Gasteiger partial charge in [-0.25, -0.2) is 9.97 Å². The Morgan fingerprint density at radius 3 is 2.24 bits per heavy atom. The number of halogens is 2. The van der Waals surface area contributed by atoms with Crippen LogP contribution in [0, 0.1) is 0 Å². The lowest BCUT2D eigenvalue weighted by Gasteiger charge is -2.36. The van der Waals surface area contributed by atoms with Crippen LogP contribution in [0.3, 0.4) is 0 Å². The maximum Gasteiger partial charge on any atom is 0.253 e. The molecule has 0 saturated carbocycles. The molecule has 3 heterocycles. The van der Waals surface area contributed by atoms with E-state index in [1.807, 2.05) is 71.6 Å². The highest BCUT2D eigenvalue weighted by Crippen LogP contribution is 2.27. The van der Waals surface area contributed by atoms with E-state index in [1.165, 1.54) is 5.56 Å². The SMILES string of the molecule is O=C(c1ccc(CSc2nc(Cl)cc(N3CCN(c4cccc(Cl)c4)CC3)n2)cc1)N1CCN(C/C=C/c2ccccc2)CC1. The lowest BCUT2D eigenvalue weighted by Crippen LogP contribution is -2.48. The molecule has 0 bridgehead atoms. The van der Waals surface area contributed by atoms with E-state index in [2.05, 4.69) is 50.0 Å². The molecule has 0 aliphatic carbocycles. The lowest BCUT2D eigenvalue weighted by atomic mass is 10.1. The van der Waals surface area contributed by atoms with Gasteiger partial charge in [-0.05, 0) is 41.5 Å². The standard InChI is InChI=1S/C35H36Cl2N6OS/c36-30-9-4-10-31(24-30)41-20-22-42(23-21-41)33-25-32(37)38-35(39-33)45-26-28-11-13-29(14-12-28)34(44)43-18-16-40(17-19-43)15-5-8-27-6-2-1-3-7-27/h1-14,24-25H,15-23,26H2/b8-5+. The van der Waals surface area contributed by atoms with Crippen molar-refractivity contribution in [2.24, 2.45) is 0 Å². The molecule has 1 aromatic heterocycles. The zero-order valence-electron chi connectivity index (χ0n) is 25.1. The molecule has 45 heavy (non-hydrogen) atoms. The predicted molar refractivity (Wildman–Crippen MR) is 187 cm³/mol. The van der Waals surface area contributed by atoms with Crippen LogP contribution < -0.4 is 9.80 Å². The van der Waals surface area contributed by atoms with Gasteiger partial charge in [-0.3, -0.25) is 9.69 Å². The van der Waals surface area contributed by atoms with Crippen LogP contribution in [0.4, 0.5) is 11.5 Å². The largest absolute Gasteiger partial charge is 0.368 e. The summed E-state index contributed by atoms with van der Waals surface area (Å²) in [5, 5.41) is 1.83. The monoisotopic (exact) mass is 658 g/mol. The van der Waals surface area contributed by atoms with Gasteiger partial charge in [-0.1, -0.05) is 95.6 Å². The number of carbonyl (C=O) groups excluding carboxylic acids is 1. The first kappa shape index (κ1) is 31.4. The number of thioether (sulfide) groups is 1. The van der Waals surface area contributed by atoms with Crippen molar-refractivity contribution >= 4 is 58.5 Å². The Morgan fingerprint density at radius 1 is 0.778 bits per heavy atom. The van der Waals surface area contributed by atoms with Crippen LogP contribution in [-0.2, 0) is 5.75 Å². The van der Waals surface area contributed by atoms with Gasteiger partial charge in [0.2, 0.25) is 0 Å². The van der Waals surface area contributed by atoms with Gasteiger partial charge in [-0.2, -0.15) is 0 Å². The summed E-state index contributed by atoms with van der Waals surface area (Å²) in [6, 6.07) is 28.0. The van der Waals surface area contributed by atoms with Gasteiger partial charge in [0.25, 0.3) is 5.91 Å². The minimum Gasteiger partial charge on any atom is -0.368 e. The van der Waals surface area contributed by atoms with Gasteiger partial charge in [0.15, 0.2) is 5.16 Å². The fraction of sp³-hybridized carbons (Fsp3) is 0.286. The molecule has 2 fully saturated rings. The highest BCUT2D eigenvalue weighted by molar-refractivity contribution is 7.98. The van der Waals surface area contributed by atoms with Crippen molar-refractivity contribution in [1.82, 2.24) is 19.8 Å². The Hall–Kier alpha value is -3.56. The summed E-state index contributed by atoms with van der Waals surface area (Å²) >= 11 is 14.2. The average Bonchev–Trinajstić information content (AvgIpc) is 3.08. The number of piperazine rings is 2. The van der Waals surface area contributed by atoms with Crippen molar-refractivity contribution in [3.05, 3.63) is 118 Å². The maximum absolute atomic E-state index is 13.2. The molecule has 0 atom stereocenters. The van der Waals surface area contributed by atoms with Crippen LogP contribution in [0.1, 0.15) is 21.5 Å². The van der Waals surface area contributed by atoms with E-state index in [1.54, 1.807) is 11.8 Å². The molecule has 2 aliphatic rings. The summed E-state index contributed by atoms with van der Waals surface area (Å²) in [5.41, 5.74) is 4.17. The van der Waals surface area contributed by atoms with Crippen molar-refractivity contribution in [3.8, 4) is 0 Å². The molecule has 4 aromatic rings. The third-order valence-electron chi connectivity index (χ3n) is 8.14. The molecule has 0 N–H and O–H groups in total. The first-order chi connectivity index (χ1) is 22.0. The first-order valence-corrected chi connectivity index (χ1v) is 17.0. The molecule has 232 valence electrons. The van der Waals surface area contributed by atoms with Crippen molar-refractivity contribution in [2.75, 3.05) is 68.7 Å². The Morgan fingerprint density at radius 2 is 1.51 bits per heavy atom. The Bertz CT molecular complexity index is 1600. The molecule has 10 heteroatoms. The van der Waals surface area contributed by atoms with Gasteiger partial charge in [-0.15, -0.1) is 0 Å². The van der Waals surface area contributed by atoms with E-state index in [-0.39, 0.29) is 5.91 Å². The maximum atomic E-state index is 13.2. The highest BCUT2D eigenvalue weighted by atomic mass is 35.5. The molecule has 7 nitrogen and oxygen atoms in total. The van der Waals surface area contributed by atoms with E-state index >= 15 is 0 Å². The predicted octanol–water partition coefficient (Wildman–Crippen LogP) is 6.87. The molecular weight excluding hydrogens is 623 g/mol. The van der Waals surface area contributed by atoms with Crippen LogP contribution in [0.15, 0.2) is 96.2 Å². The van der Waals surface area contributed by atoms with E-state index in [4.69, 9.17) is 28.2 Å². The molecule has 2 aliphatic heterocycles. The van der Waals surface area contributed by atoms with Gasteiger partial charge < -0.3 is 14.7 Å². The van der Waals surface area contributed by atoms with Crippen molar-refractivity contribution < 1.29 is 4.79 Å². The zero-order chi connectivity index (χ0) is 31.0. The summed E-state index contributed by atoms with van der Waals surface area (Å²) in [7, 11) is 0. The van der Waals surface area contributed by atoms with Gasteiger partial charge in [0.1, 0.15) is 11.0 Å². The number of benzene rings is 3. The van der Waals surface area contributed by atoms with E-state index in [0.717, 1.165) is 86.6 Å². The third-order valence-corrected chi connectivity index (χ3v) is 9.49.